The molecule has 0 radical (unpaired) electrons. The smallest absolute Gasteiger partial charge is 0.220 e. The molecule has 0 saturated heterocycles. The van der Waals surface area contributed by atoms with E-state index < -0.39 is 10.0 Å². The van der Waals surface area contributed by atoms with Gasteiger partial charge in [0.2, 0.25) is 15.9 Å². The summed E-state index contributed by atoms with van der Waals surface area (Å²) in [6.45, 7) is 4.38. The molecule has 0 saturated carbocycles. The molecule has 1 aromatic rings. The number of rotatable bonds is 8. The van der Waals surface area contributed by atoms with E-state index in [0.29, 0.717) is 12.3 Å². The molecule has 0 aromatic heterocycles. The minimum atomic E-state index is -3.28. The van der Waals surface area contributed by atoms with Crippen LogP contribution < -0.4 is 10.0 Å². The van der Waals surface area contributed by atoms with Crippen LogP contribution in [0.25, 0.3) is 0 Å². The third-order valence-corrected chi connectivity index (χ3v) is 6.13. The molecule has 6 heteroatoms. The van der Waals surface area contributed by atoms with Crippen molar-refractivity contribution in [1.29, 1.82) is 0 Å². The molecular formula is C18H28N2O3S. The monoisotopic (exact) mass is 352 g/mol. The van der Waals surface area contributed by atoms with Gasteiger partial charge in [-0.3, -0.25) is 4.79 Å². The molecule has 0 heterocycles. The van der Waals surface area contributed by atoms with Gasteiger partial charge in [-0.2, -0.15) is 0 Å². The number of amides is 1. The maximum absolute atomic E-state index is 12.2. The van der Waals surface area contributed by atoms with Gasteiger partial charge in [-0.05, 0) is 54.8 Å². The van der Waals surface area contributed by atoms with Crippen molar-refractivity contribution in [2.75, 3.05) is 19.3 Å². The van der Waals surface area contributed by atoms with Crippen LogP contribution in [-0.4, -0.2) is 33.7 Å². The fourth-order valence-corrected chi connectivity index (χ4v) is 3.83. The van der Waals surface area contributed by atoms with Crippen molar-refractivity contribution < 1.29 is 13.2 Å². The molecule has 24 heavy (non-hydrogen) atoms. The second-order valence-electron chi connectivity index (χ2n) is 6.81. The Balaban J connectivity index is 1.97. The maximum Gasteiger partial charge on any atom is 0.220 e. The maximum atomic E-state index is 12.2. The van der Waals surface area contributed by atoms with Gasteiger partial charge < -0.3 is 5.32 Å². The first-order chi connectivity index (χ1) is 11.3. The Hall–Kier alpha value is -1.40. The molecule has 1 amide bonds. The minimum absolute atomic E-state index is 0.0968. The van der Waals surface area contributed by atoms with E-state index in [4.69, 9.17) is 0 Å². The van der Waals surface area contributed by atoms with Gasteiger partial charge in [0.1, 0.15) is 0 Å². The van der Waals surface area contributed by atoms with E-state index in [1.54, 1.807) is 0 Å². The first kappa shape index (κ1) is 18.9. The van der Waals surface area contributed by atoms with Gasteiger partial charge in [0.05, 0.1) is 5.75 Å². The number of aryl methyl sites for hydroxylation is 2. The van der Waals surface area contributed by atoms with E-state index >= 15 is 0 Å². The Morgan fingerprint density at radius 3 is 2.58 bits per heavy atom. The van der Waals surface area contributed by atoms with E-state index in [1.165, 1.54) is 30.2 Å². The third kappa shape index (κ3) is 5.05. The quantitative estimate of drug-likeness (QED) is 0.751. The molecule has 5 nitrogen and oxygen atoms in total. The summed E-state index contributed by atoms with van der Waals surface area (Å²) in [5.41, 5.74) is 4.06. The van der Waals surface area contributed by atoms with Crippen molar-refractivity contribution in [2.24, 2.45) is 5.92 Å². The van der Waals surface area contributed by atoms with Crippen molar-refractivity contribution >= 4 is 15.9 Å². The van der Waals surface area contributed by atoms with Crippen LogP contribution in [0.4, 0.5) is 0 Å². The van der Waals surface area contributed by atoms with Crippen LogP contribution in [0.1, 0.15) is 49.3 Å². The standard InChI is InChI=1S/C18H28N2O3S/c1-13(2)17(12-18(21)20-9-10-24(22,23)19-3)16-8-7-14-5-4-6-15(14)11-16/h7-8,11,13,17,19H,4-6,9-10,12H2,1-3H3,(H,20,21). The van der Waals surface area contributed by atoms with E-state index in [1.807, 2.05) is 0 Å². The summed E-state index contributed by atoms with van der Waals surface area (Å²) >= 11 is 0. The van der Waals surface area contributed by atoms with Gasteiger partial charge in [-0.25, -0.2) is 13.1 Å². The van der Waals surface area contributed by atoms with Crippen LogP contribution in [0.3, 0.4) is 0 Å². The summed E-state index contributed by atoms with van der Waals surface area (Å²) < 4.78 is 25.0. The van der Waals surface area contributed by atoms with E-state index in [2.05, 4.69) is 42.1 Å². The summed E-state index contributed by atoms with van der Waals surface area (Å²) in [5, 5.41) is 2.72. The number of benzene rings is 1. The zero-order valence-corrected chi connectivity index (χ0v) is 15.6. The van der Waals surface area contributed by atoms with Gasteiger partial charge in [0, 0.05) is 13.0 Å². The van der Waals surface area contributed by atoms with Crippen LogP contribution in [0.2, 0.25) is 0 Å². The van der Waals surface area contributed by atoms with Crippen molar-refractivity contribution in [1.82, 2.24) is 10.0 Å². The van der Waals surface area contributed by atoms with E-state index in [9.17, 15) is 13.2 Å². The second-order valence-corrected chi connectivity index (χ2v) is 8.86. The normalized spacial score (nSPS) is 15.3. The highest BCUT2D eigenvalue weighted by atomic mass is 32.2. The van der Waals surface area contributed by atoms with Gasteiger partial charge in [0.25, 0.3) is 0 Å². The number of hydrogen-bond donors (Lipinski definition) is 2. The Bertz CT molecular complexity index is 684. The molecule has 2 N–H and O–H groups in total. The third-order valence-electron chi connectivity index (χ3n) is 4.76. The summed E-state index contributed by atoms with van der Waals surface area (Å²) in [5.74, 6) is 0.300. The molecule has 1 unspecified atom stereocenters. The fraction of sp³-hybridized carbons (Fsp3) is 0.611. The lowest BCUT2D eigenvalue weighted by molar-refractivity contribution is -0.121. The SMILES string of the molecule is CNS(=O)(=O)CCNC(=O)CC(c1ccc2c(c1)CCC2)C(C)C. The first-order valence-electron chi connectivity index (χ1n) is 8.62. The first-order valence-corrected chi connectivity index (χ1v) is 10.3. The lowest BCUT2D eigenvalue weighted by Gasteiger charge is -2.22. The van der Waals surface area contributed by atoms with Gasteiger partial charge in [-0.1, -0.05) is 32.0 Å². The molecule has 1 aromatic carbocycles. The number of nitrogens with one attached hydrogen (secondary N) is 2. The number of sulfonamides is 1. The summed E-state index contributed by atoms with van der Waals surface area (Å²) in [6.07, 6.45) is 3.88. The summed E-state index contributed by atoms with van der Waals surface area (Å²) in [4.78, 5) is 12.2. The zero-order chi connectivity index (χ0) is 17.7. The van der Waals surface area contributed by atoms with Crippen LogP contribution in [0.15, 0.2) is 18.2 Å². The molecule has 134 valence electrons. The highest BCUT2D eigenvalue weighted by Crippen LogP contribution is 2.32. The second kappa shape index (κ2) is 8.12. The average Bonchev–Trinajstić information content (AvgIpc) is 2.99. The number of hydrogen-bond acceptors (Lipinski definition) is 3. The summed E-state index contributed by atoms with van der Waals surface area (Å²) in [7, 11) is -1.91. The van der Waals surface area contributed by atoms with Crippen molar-refractivity contribution in [3.05, 3.63) is 34.9 Å². The molecule has 1 aliphatic carbocycles. The summed E-state index contributed by atoms with van der Waals surface area (Å²) in [6, 6.07) is 6.60. The van der Waals surface area contributed by atoms with Crippen LogP contribution in [-0.2, 0) is 27.7 Å². The predicted octanol–water partition coefficient (Wildman–Crippen LogP) is 1.97. The molecule has 0 fully saturated rings. The Kier molecular flexibility index (Phi) is 6.40. The predicted molar refractivity (Wildman–Crippen MR) is 96.5 cm³/mol. The van der Waals surface area contributed by atoms with Gasteiger partial charge >= 0.3 is 0 Å². The number of carbonyl (C=O) groups is 1. The fourth-order valence-electron chi connectivity index (χ4n) is 3.26. The molecule has 1 aliphatic rings. The van der Waals surface area contributed by atoms with Crippen molar-refractivity contribution in [2.45, 2.75) is 45.4 Å². The lowest BCUT2D eigenvalue weighted by atomic mass is 9.84. The molecule has 0 aliphatic heterocycles. The molecule has 0 bridgehead atoms. The van der Waals surface area contributed by atoms with Gasteiger partial charge in [0.15, 0.2) is 0 Å². The van der Waals surface area contributed by atoms with Gasteiger partial charge in [-0.15, -0.1) is 0 Å². The Labute approximate surface area is 145 Å². The molecule has 2 rings (SSSR count). The topological polar surface area (TPSA) is 75.3 Å². The van der Waals surface area contributed by atoms with Crippen molar-refractivity contribution in [3.63, 3.8) is 0 Å². The highest BCUT2D eigenvalue weighted by Gasteiger charge is 2.22. The van der Waals surface area contributed by atoms with Crippen LogP contribution >= 0.6 is 0 Å². The van der Waals surface area contributed by atoms with E-state index in [0.717, 1.165) is 12.8 Å². The Morgan fingerprint density at radius 2 is 1.92 bits per heavy atom. The van der Waals surface area contributed by atoms with Crippen molar-refractivity contribution in [3.8, 4) is 0 Å². The lowest BCUT2D eigenvalue weighted by Crippen LogP contribution is -2.33. The number of fused-ring (bicyclic) bond motifs is 1. The Morgan fingerprint density at radius 1 is 1.21 bits per heavy atom. The minimum Gasteiger partial charge on any atom is -0.355 e. The average molecular weight is 353 g/mol. The largest absolute Gasteiger partial charge is 0.355 e. The van der Waals surface area contributed by atoms with Crippen LogP contribution in [0, 0.1) is 5.92 Å². The highest BCUT2D eigenvalue weighted by molar-refractivity contribution is 7.89. The molecular weight excluding hydrogens is 324 g/mol. The van der Waals surface area contributed by atoms with E-state index in [-0.39, 0.29) is 24.1 Å². The number of carbonyl (C=O) groups excluding carboxylic acids is 1. The molecule has 0 spiro atoms. The molecule has 1 atom stereocenters. The zero-order valence-electron chi connectivity index (χ0n) is 14.8. The van der Waals surface area contributed by atoms with Crippen LogP contribution in [0.5, 0.6) is 0 Å².